The van der Waals surface area contributed by atoms with Crippen molar-refractivity contribution in [2.24, 2.45) is 0 Å². The molecule has 0 radical (unpaired) electrons. The lowest BCUT2D eigenvalue weighted by atomic mass is 10.1. The van der Waals surface area contributed by atoms with E-state index < -0.39 is 0 Å². The van der Waals surface area contributed by atoms with Crippen LogP contribution in [0.2, 0.25) is 0 Å². The van der Waals surface area contributed by atoms with Crippen molar-refractivity contribution in [2.75, 3.05) is 5.32 Å². The highest BCUT2D eigenvalue weighted by Gasteiger charge is 2.08. The van der Waals surface area contributed by atoms with E-state index >= 15 is 0 Å². The molecule has 1 heterocycles. The molecule has 1 aromatic carbocycles. The highest BCUT2D eigenvalue weighted by molar-refractivity contribution is 9.10. The molecule has 0 fully saturated rings. The van der Waals surface area contributed by atoms with Gasteiger partial charge in [0.15, 0.2) is 0 Å². The number of benzene rings is 1. The number of anilines is 1. The molecule has 0 saturated carbocycles. The monoisotopic (exact) mass is 293 g/mol. The highest BCUT2D eigenvalue weighted by atomic mass is 79.9. The summed E-state index contributed by atoms with van der Waals surface area (Å²) in [4.78, 5) is 0. The maximum Gasteiger partial charge on any atom is 0.0955 e. The molecule has 0 amide bonds. The fourth-order valence-electron chi connectivity index (χ4n) is 1.83. The Bertz CT molecular complexity index is 479. The van der Waals surface area contributed by atoms with Crippen LogP contribution in [0.3, 0.4) is 0 Å². The summed E-state index contributed by atoms with van der Waals surface area (Å²) in [6, 6.07) is 8.57. The lowest BCUT2D eigenvalue weighted by Gasteiger charge is -2.16. The molecule has 1 aromatic heterocycles. The van der Waals surface area contributed by atoms with E-state index in [9.17, 15) is 0 Å². The molecule has 0 aliphatic carbocycles. The van der Waals surface area contributed by atoms with Crippen molar-refractivity contribution in [2.45, 2.75) is 26.3 Å². The van der Waals surface area contributed by atoms with Gasteiger partial charge < -0.3 is 9.73 Å². The van der Waals surface area contributed by atoms with E-state index in [0.29, 0.717) is 0 Å². The molecule has 0 aliphatic heterocycles. The minimum absolute atomic E-state index is 0.250. The first-order chi connectivity index (χ1) is 8.20. The third-order valence-corrected chi connectivity index (χ3v) is 3.36. The Kier molecular flexibility index (Phi) is 3.89. The van der Waals surface area contributed by atoms with E-state index in [4.69, 9.17) is 4.42 Å². The minimum atomic E-state index is 0.250. The van der Waals surface area contributed by atoms with Gasteiger partial charge in [-0.2, -0.15) is 0 Å². The quantitative estimate of drug-likeness (QED) is 0.878. The first kappa shape index (κ1) is 12.2. The molecule has 90 valence electrons. The zero-order valence-electron chi connectivity index (χ0n) is 10.0. The van der Waals surface area contributed by atoms with E-state index in [1.807, 2.05) is 6.07 Å². The van der Waals surface area contributed by atoms with Gasteiger partial charge in [0.2, 0.25) is 0 Å². The molecular formula is C14H16BrNO. The summed E-state index contributed by atoms with van der Waals surface area (Å²) in [5.41, 5.74) is 3.66. The maximum absolute atomic E-state index is 5.10. The standard InChI is InChI=1S/C14H16BrNO/c1-3-11-8-13(15)4-5-14(11)16-10(2)12-6-7-17-9-12/h4-10,16H,3H2,1-2H3. The van der Waals surface area contributed by atoms with Gasteiger partial charge in [-0.25, -0.2) is 0 Å². The molecule has 2 nitrogen and oxygen atoms in total. The number of nitrogens with one attached hydrogen (secondary N) is 1. The van der Waals surface area contributed by atoms with Crippen LogP contribution in [0.1, 0.15) is 31.0 Å². The van der Waals surface area contributed by atoms with Crippen LogP contribution in [0.5, 0.6) is 0 Å². The van der Waals surface area contributed by atoms with Gasteiger partial charge in [-0.1, -0.05) is 22.9 Å². The zero-order valence-corrected chi connectivity index (χ0v) is 11.6. The fraction of sp³-hybridized carbons (Fsp3) is 0.286. The molecule has 1 atom stereocenters. The molecule has 1 N–H and O–H groups in total. The van der Waals surface area contributed by atoms with Gasteiger partial charge in [0, 0.05) is 15.7 Å². The Balaban J connectivity index is 2.18. The van der Waals surface area contributed by atoms with Crippen molar-refractivity contribution in [3.63, 3.8) is 0 Å². The summed E-state index contributed by atoms with van der Waals surface area (Å²) < 4.78 is 6.22. The van der Waals surface area contributed by atoms with Crippen LogP contribution in [0, 0.1) is 0 Å². The number of hydrogen-bond acceptors (Lipinski definition) is 2. The summed E-state index contributed by atoms with van der Waals surface area (Å²) in [5, 5.41) is 3.51. The number of halogens is 1. The molecule has 2 aromatic rings. The lowest BCUT2D eigenvalue weighted by Crippen LogP contribution is -2.07. The molecule has 0 spiro atoms. The molecule has 1 unspecified atom stereocenters. The van der Waals surface area contributed by atoms with E-state index in [1.165, 1.54) is 11.3 Å². The van der Waals surface area contributed by atoms with Gasteiger partial charge in [0.1, 0.15) is 0 Å². The van der Waals surface area contributed by atoms with E-state index in [0.717, 1.165) is 16.5 Å². The van der Waals surface area contributed by atoms with Crippen LogP contribution < -0.4 is 5.32 Å². The van der Waals surface area contributed by atoms with Crippen LogP contribution in [0.25, 0.3) is 0 Å². The van der Waals surface area contributed by atoms with Crippen molar-refractivity contribution >= 4 is 21.6 Å². The number of hydrogen-bond donors (Lipinski definition) is 1. The smallest absolute Gasteiger partial charge is 0.0955 e. The molecule has 17 heavy (non-hydrogen) atoms. The van der Waals surface area contributed by atoms with Crippen LogP contribution in [0.15, 0.2) is 45.7 Å². The highest BCUT2D eigenvalue weighted by Crippen LogP contribution is 2.25. The summed E-state index contributed by atoms with van der Waals surface area (Å²) in [6.45, 7) is 4.29. The van der Waals surface area contributed by atoms with Crippen LogP contribution >= 0.6 is 15.9 Å². The van der Waals surface area contributed by atoms with Crippen LogP contribution in [-0.2, 0) is 6.42 Å². The predicted molar refractivity (Wildman–Crippen MR) is 74.3 cm³/mol. The molecule has 0 saturated heterocycles. The topological polar surface area (TPSA) is 25.2 Å². The third-order valence-electron chi connectivity index (χ3n) is 2.86. The molecule has 0 aliphatic rings. The van der Waals surface area contributed by atoms with Gasteiger partial charge in [-0.05, 0) is 43.2 Å². The van der Waals surface area contributed by atoms with E-state index in [1.54, 1.807) is 12.5 Å². The van der Waals surface area contributed by atoms with Gasteiger partial charge in [-0.3, -0.25) is 0 Å². The Morgan fingerprint density at radius 2 is 2.18 bits per heavy atom. The summed E-state index contributed by atoms with van der Waals surface area (Å²) in [6.07, 6.45) is 4.50. The van der Waals surface area contributed by atoms with Crippen LogP contribution in [-0.4, -0.2) is 0 Å². The number of aryl methyl sites for hydroxylation is 1. The van der Waals surface area contributed by atoms with Crippen molar-refractivity contribution in [3.05, 3.63) is 52.4 Å². The second kappa shape index (κ2) is 5.41. The van der Waals surface area contributed by atoms with Crippen LogP contribution in [0.4, 0.5) is 5.69 Å². The SMILES string of the molecule is CCc1cc(Br)ccc1NC(C)c1ccoc1. The third kappa shape index (κ3) is 2.91. The van der Waals surface area contributed by atoms with E-state index in [-0.39, 0.29) is 6.04 Å². The van der Waals surface area contributed by atoms with Gasteiger partial charge in [0.05, 0.1) is 18.6 Å². The summed E-state index contributed by atoms with van der Waals surface area (Å²) >= 11 is 3.50. The number of furan rings is 1. The van der Waals surface area contributed by atoms with Gasteiger partial charge in [-0.15, -0.1) is 0 Å². The van der Waals surface area contributed by atoms with Crippen molar-refractivity contribution in [1.82, 2.24) is 0 Å². The average molecular weight is 294 g/mol. The Morgan fingerprint density at radius 3 is 2.82 bits per heavy atom. The average Bonchev–Trinajstić information content (AvgIpc) is 2.85. The van der Waals surface area contributed by atoms with Gasteiger partial charge >= 0.3 is 0 Å². The fourth-order valence-corrected chi connectivity index (χ4v) is 2.24. The maximum atomic E-state index is 5.10. The Hall–Kier alpha value is -1.22. The number of rotatable bonds is 4. The van der Waals surface area contributed by atoms with E-state index in [2.05, 4.69) is 53.3 Å². The summed E-state index contributed by atoms with van der Waals surface area (Å²) in [5.74, 6) is 0. The first-order valence-corrected chi connectivity index (χ1v) is 6.57. The van der Waals surface area contributed by atoms with Gasteiger partial charge in [0.25, 0.3) is 0 Å². The van der Waals surface area contributed by atoms with Crippen molar-refractivity contribution < 1.29 is 4.42 Å². The Morgan fingerprint density at radius 1 is 1.35 bits per heavy atom. The zero-order chi connectivity index (χ0) is 12.3. The second-order valence-electron chi connectivity index (χ2n) is 4.08. The second-order valence-corrected chi connectivity index (χ2v) is 4.99. The molecule has 2 rings (SSSR count). The molecule has 0 bridgehead atoms. The largest absolute Gasteiger partial charge is 0.472 e. The van der Waals surface area contributed by atoms with Crippen molar-refractivity contribution in [3.8, 4) is 0 Å². The normalized spacial score (nSPS) is 12.4. The molecular weight excluding hydrogens is 278 g/mol. The molecule has 3 heteroatoms. The summed E-state index contributed by atoms with van der Waals surface area (Å²) in [7, 11) is 0. The predicted octanol–water partition coefficient (Wildman–Crippen LogP) is 4.78. The Labute approximate surface area is 110 Å². The minimum Gasteiger partial charge on any atom is -0.472 e. The van der Waals surface area contributed by atoms with Crippen molar-refractivity contribution in [1.29, 1.82) is 0 Å². The lowest BCUT2D eigenvalue weighted by molar-refractivity contribution is 0.562. The first-order valence-electron chi connectivity index (χ1n) is 5.77.